The van der Waals surface area contributed by atoms with Crippen molar-refractivity contribution in [2.24, 2.45) is 4.99 Å². The van der Waals surface area contributed by atoms with Gasteiger partial charge in [0.2, 0.25) is 5.91 Å². The first-order chi connectivity index (χ1) is 12.6. The fourth-order valence-electron chi connectivity index (χ4n) is 3.24. The number of nitrogens with zero attached hydrogens (tertiary/aromatic N) is 2. The lowest BCUT2D eigenvalue weighted by Crippen LogP contribution is -2.42. The molecular formula is C19H37IN4O3. The largest absolute Gasteiger partial charge is 0.378 e. The van der Waals surface area contributed by atoms with E-state index in [1.54, 1.807) is 19.0 Å². The molecule has 8 heteroatoms. The van der Waals surface area contributed by atoms with Crippen molar-refractivity contribution >= 4 is 35.8 Å². The van der Waals surface area contributed by atoms with E-state index in [4.69, 9.17) is 9.47 Å². The van der Waals surface area contributed by atoms with Crippen LogP contribution in [0.4, 0.5) is 0 Å². The number of amides is 1. The van der Waals surface area contributed by atoms with E-state index in [1.165, 1.54) is 32.1 Å². The molecule has 2 aliphatic rings. The highest BCUT2D eigenvalue weighted by atomic mass is 127. The Bertz CT molecular complexity index is 437. The van der Waals surface area contributed by atoms with Gasteiger partial charge in [0.15, 0.2) is 5.96 Å². The second-order valence-corrected chi connectivity index (χ2v) is 7.38. The zero-order valence-electron chi connectivity index (χ0n) is 16.9. The number of rotatable bonds is 9. The molecule has 158 valence electrons. The molecule has 1 aliphatic carbocycles. The third kappa shape index (κ3) is 10.5. The summed E-state index contributed by atoms with van der Waals surface area (Å²) in [6, 6.07) is 0. The summed E-state index contributed by atoms with van der Waals surface area (Å²) in [4.78, 5) is 17.7. The van der Waals surface area contributed by atoms with Gasteiger partial charge in [-0.05, 0) is 32.1 Å². The minimum Gasteiger partial charge on any atom is -0.378 e. The molecule has 2 rings (SSSR count). The number of carbonyl (C=O) groups excluding carboxylic acids is 1. The molecule has 1 unspecified atom stereocenters. The third-order valence-electron chi connectivity index (χ3n) is 4.91. The number of ether oxygens (including phenoxy) is 2. The van der Waals surface area contributed by atoms with Crippen molar-refractivity contribution in [2.45, 2.75) is 63.6 Å². The molecule has 2 fully saturated rings. The van der Waals surface area contributed by atoms with E-state index in [1.807, 2.05) is 0 Å². The Morgan fingerprint density at radius 2 is 1.93 bits per heavy atom. The van der Waals surface area contributed by atoms with Gasteiger partial charge in [0.05, 0.1) is 12.2 Å². The van der Waals surface area contributed by atoms with Crippen molar-refractivity contribution in [2.75, 3.05) is 46.9 Å². The summed E-state index contributed by atoms with van der Waals surface area (Å²) in [7, 11) is 3.49. The number of hydrogen-bond acceptors (Lipinski definition) is 4. The zero-order chi connectivity index (χ0) is 18.6. The Labute approximate surface area is 181 Å². The van der Waals surface area contributed by atoms with Crippen LogP contribution in [0, 0.1) is 0 Å². The first-order valence-corrected chi connectivity index (χ1v) is 10.1. The molecule has 1 aliphatic heterocycles. The molecule has 0 spiro atoms. The predicted molar refractivity (Wildman–Crippen MR) is 119 cm³/mol. The first kappa shape index (κ1) is 24.4. The third-order valence-corrected chi connectivity index (χ3v) is 4.91. The maximum absolute atomic E-state index is 11.8. The zero-order valence-corrected chi connectivity index (χ0v) is 19.2. The first-order valence-electron chi connectivity index (χ1n) is 10.1. The normalized spacial score (nSPS) is 20.8. The van der Waals surface area contributed by atoms with Gasteiger partial charge in [-0.2, -0.15) is 0 Å². The Morgan fingerprint density at radius 3 is 2.59 bits per heavy atom. The molecule has 1 heterocycles. The summed E-state index contributed by atoms with van der Waals surface area (Å²) in [5.41, 5.74) is 0. The van der Waals surface area contributed by atoms with Crippen LogP contribution in [0.2, 0.25) is 0 Å². The minimum absolute atomic E-state index is 0. The second-order valence-electron chi connectivity index (χ2n) is 7.38. The molecule has 0 aromatic heterocycles. The van der Waals surface area contributed by atoms with E-state index in [2.05, 4.69) is 15.6 Å². The summed E-state index contributed by atoms with van der Waals surface area (Å²) < 4.78 is 11.6. The number of hydrogen-bond donors (Lipinski definition) is 2. The van der Waals surface area contributed by atoms with Crippen LogP contribution in [0.3, 0.4) is 0 Å². The van der Waals surface area contributed by atoms with Crippen molar-refractivity contribution in [3.05, 3.63) is 0 Å². The lowest BCUT2D eigenvalue weighted by molar-refractivity contribution is -0.127. The standard InChI is InChI=1S/C19H36N4O3.HI/c1-23(2)18(24)15-22-19(21-14-17-10-6-12-26-17)20-11-7-13-25-16-8-4-3-5-9-16;/h16-17H,3-15H2,1-2H3,(H2,20,21,22);1H. The van der Waals surface area contributed by atoms with Crippen LogP contribution >= 0.6 is 24.0 Å². The Balaban J connectivity index is 0.00000364. The second kappa shape index (κ2) is 14.4. The van der Waals surface area contributed by atoms with E-state index in [-0.39, 0.29) is 42.5 Å². The Kier molecular flexibility index (Phi) is 13.0. The molecule has 7 nitrogen and oxygen atoms in total. The number of likely N-dealkylation sites (N-methyl/N-ethyl adjacent to an activating group) is 1. The minimum atomic E-state index is -0.0103. The molecule has 2 N–H and O–H groups in total. The van der Waals surface area contributed by atoms with Crippen molar-refractivity contribution in [3.8, 4) is 0 Å². The quantitative estimate of drug-likeness (QED) is 0.222. The molecule has 0 radical (unpaired) electrons. The summed E-state index contributed by atoms with van der Waals surface area (Å²) in [6.45, 7) is 3.25. The van der Waals surface area contributed by atoms with Crippen LogP contribution in [-0.2, 0) is 14.3 Å². The summed E-state index contributed by atoms with van der Waals surface area (Å²) in [5, 5.41) is 6.61. The van der Waals surface area contributed by atoms with E-state index in [0.29, 0.717) is 12.1 Å². The molecule has 0 aromatic carbocycles. The predicted octanol–water partition coefficient (Wildman–Crippen LogP) is 2.15. The molecule has 0 aromatic rings. The topological polar surface area (TPSA) is 75.2 Å². The number of nitrogens with one attached hydrogen (secondary N) is 2. The molecule has 1 saturated carbocycles. The van der Waals surface area contributed by atoms with E-state index in [9.17, 15) is 4.79 Å². The lowest BCUT2D eigenvalue weighted by Gasteiger charge is -2.22. The Morgan fingerprint density at radius 1 is 1.15 bits per heavy atom. The fourth-order valence-corrected chi connectivity index (χ4v) is 3.24. The summed E-state index contributed by atoms with van der Waals surface area (Å²) >= 11 is 0. The fraction of sp³-hybridized carbons (Fsp3) is 0.895. The Hall–Kier alpha value is -0.610. The van der Waals surface area contributed by atoms with Crippen molar-refractivity contribution in [1.82, 2.24) is 15.5 Å². The number of halogens is 1. The van der Waals surface area contributed by atoms with E-state index < -0.39 is 0 Å². The van der Waals surface area contributed by atoms with Gasteiger partial charge in [-0.25, -0.2) is 4.99 Å². The number of guanidine groups is 1. The highest BCUT2D eigenvalue weighted by Crippen LogP contribution is 2.20. The average Bonchev–Trinajstić information content (AvgIpc) is 3.17. The summed E-state index contributed by atoms with van der Waals surface area (Å²) in [5.74, 6) is 0.664. The van der Waals surface area contributed by atoms with Gasteiger partial charge in [0.1, 0.15) is 6.54 Å². The van der Waals surface area contributed by atoms with Crippen molar-refractivity contribution in [1.29, 1.82) is 0 Å². The molecule has 0 bridgehead atoms. The smallest absolute Gasteiger partial charge is 0.243 e. The van der Waals surface area contributed by atoms with Gasteiger partial charge in [-0.1, -0.05) is 19.3 Å². The van der Waals surface area contributed by atoms with Gasteiger partial charge < -0.3 is 25.0 Å². The van der Waals surface area contributed by atoms with Crippen molar-refractivity contribution < 1.29 is 14.3 Å². The van der Waals surface area contributed by atoms with Gasteiger partial charge in [0, 0.05) is 40.4 Å². The van der Waals surface area contributed by atoms with Crippen LogP contribution in [0.25, 0.3) is 0 Å². The number of aliphatic imine (C=N–C) groups is 1. The summed E-state index contributed by atoms with van der Waals surface area (Å²) in [6.07, 6.45) is 10.2. The molecule has 27 heavy (non-hydrogen) atoms. The highest BCUT2D eigenvalue weighted by Gasteiger charge is 2.16. The van der Waals surface area contributed by atoms with E-state index in [0.717, 1.165) is 45.6 Å². The van der Waals surface area contributed by atoms with Crippen LogP contribution in [-0.4, -0.2) is 75.9 Å². The van der Waals surface area contributed by atoms with Gasteiger partial charge in [0.25, 0.3) is 0 Å². The van der Waals surface area contributed by atoms with Crippen LogP contribution in [0.5, 0.6) is 0 Å². The van der Waals surface area contributed by atoms with Crippen LogP contribution in [0.1, 0.15) is 51.4 Å². The maximum atomic E-state index is 11.8. The maximum Gasteiger partial charge on any atom is 0.243 e. The van der Waals surface area contributed by atoms with Gasteiger partial charge >= 0.3 is 0 Å². The molecule has 1 saturated heterocycles. The SMILES string of the molecule is CN(C)C(=O)CN=C(NCCCOC1CCCCC1)NCC1CCCO1.I. The number of carbonyl (C=O) groups is 1. The molecular weight excluding hydrogens is 459 g/mol. The molecule has 1 atom stereocenters. The van der Waals surface area contributed by atoms with Gasteiger partial charge in [-0.15, -0.1) is 24.0 Å². The van der Waals surface area contributed by atoms with Gasteiger partial charge in [-0.3, -0.25) is 4.79 Å². The lowest BCUT2D eigenvalue weighted by atomic mass is 9.98. The average molecular weight is 496 g/mol. The van der Waals surface area contributed by atoms with Crippen molar-refractivity contribution in [3.63, 3.8) is 0 Å². The van der Waals surface area contributed by atoms with Crippen LogP contribution < -0.4 is 10.6 Å². The van der Waals surface area contributed by atoms with Crippen LogP contribution in [0.15, 0.2) is 4.99 Å². The monoisotopic (exact) mass is 496 g/mol. The highest BCUT2D eigenvalue weighted by molar-refractivity contribution is 14.0. The van der Waals surface area contributed by atoms with E-state index >= 15 is 0 Å². The molecule has 1 amide bonds.